The quantitative estimate of drug-likeness (QED) is 0.157. The maximum atomic E-state index is 12.2. The van der Waals surface area contributed by atoms with Crippen molar-refractivity contribution in [2.45, 2.75) is 6.42 Å². The van der Waals surface area contributed by atoms with Crippen molar-refractivity contribution in [3.63, 3.8) is 0 Å². The van der Waals surface area contributed by atoms with Crippen LogP contribution in [-0.2, 0) is 15.9 Å². The Balaban J connectivity index is 1.63. The van der Waals surface area contributed by atoms with Crippen LogP contribution in [0.5, 0.6) is 11.5 Å². The summed E-state index contributed by atoms with van der Waals surface area (Å²) in [6.07, 6.45) is 7.70. The van der Waals surface area contributed by atoms with Crippen LogP contribution in [0.1, 0.15) is 21.5 Å². The number of amides is 1. The zero-order chi connectivity index (χ0) is 26.2. The third-order valence-electron chi connectivity index (χ3n) is 5.75. The number of nitrogens with zero attached hydrogens (tertiary/aromatic N) is 1. The predicted octanol–water partition coefficient (Wildman–Crippen LogP) is 4.64. The van der Waals surface area contributed by atoms with E-state index in [4.69, 9.17) is 32.1 Å². The fraction of sp³-hybridized carbons (Fsp3) is 0.172. The van der Waals surface area contributed by atoms with Gasteiger partial charge in [-0.25, -0.2) is 4.98 Å². The number of fused-ring (bicyclic) bond motifs is 1. The van der Waals surface area contributed by atoms with Crippen LogP contribution >= 0.6 is 0 Å². The van der Waals surface area contributed by atoms with E-state index in [0.29, 0.717) is 71.6 Å². The van der Waals surface area contributed by atoms with Gasteiger partial charge in [0.05, 0.1) is 19.8 Å². The zero-order valence-corrected chi connectivity index (χ0v) is 20.5. The maximum Gasteiger partial charge on any atom is 0.249 e. The number of carbonyl (C=O) groups excluding carboxylic acids is 1. The molecular formula is C29H28N4O4. The summed E-state index contributed by atoms with van der Waals surface area (Å²) in [5.41, 5.74) is 14.6. The number of ether oxygens (including phenoxy) is 3. The summed E-state index contributed by atoms with van der Waals surface area (Å²) in [4.78, 5) is 16.7. The number of terminal acetylenes is 1. The summed E-state index contributed by atoms with van der Waals surface area (Å²) >= 11 is 0. The van der Waals surface area contributed by atoms with E-state index in [-0.39, 0.29) is 0 Å². The smallest absolute Gasteiger partial charge is 0.249 e. The van der Waals surface area contributed by atoms with Crippen molar-refractivity contribution < 1.29 is 19.0 Å². The fourth-order valence-corrected chi connectivity index (χ4v) is 3.97. The monoisotopic (exact) mass is 496 g/mol. The topological polar surface area (TPSA) is 122 Å². The number of nitrogens with two attached hydrogens (primary N) is 2. The van der Waals surface area contributed by atoms with E-state index >= 15 is 0 Å². The molecule has 0 aliphatic heterocycles. The summed E-state index contributed by atoms with van der Waals surface area (Å²) in [6.45, 7) is 1.28. The van der Waals surface area contributed by atoms with Gasteiger partial charge in [-0.05, 0) is 42.3 Å². The number of aromatic nitrogens is 1. The molecule has 5 N–H and O–H groups in total. The van der Waals surface area contributed by atoms with Gasteiger partial charge in [-0.2, -0.15) is 0 Å². The van der Waals surface area contributed by atoms with E-state index in [0.717, 1.165) is 10.8 Å². The Labute approximate surface area is 215 Å². The molecule has 0 aliphatic carbocycles. The lowest BCUT2D eigenvalue weighted by atomic mass is 9.98. The SMILES string of the molecule is C#Cc1cc(Nc2cc(Oc3ccc(N)c4ccccc34)ccn2)c(CCOCCOC)c(C(N)=O)c1. The molecule has 37 heavy (non-hydrogen) atoms. The summed E-state index contributed by atoms with van der Waals surface area (Å²) in [5, 5.41) is 5.08. The van der Waals surface area contributed by atoms with Crippen molar-refractivity contribution in [3.05, 3.63) is 83.6 Å². The zero-order valence-electron chi connectivity index (χ0n) is 20.5. The van der Waals surface area contributed by atoms with Crippen LogP contribution in [0.15, 0.2) is 66.9 Å². The first kappa shape index (κ1) is 25.5. The van der Waals surface area contributed by atoms with Crippen molar-refractivity contribution in [1.82, 2.24) is 4.98 Å². The van der Waals surface area contributed by atoms with Crippen LogP contribution in [0, 0.1) is 12.3 Å². The second kappa shape index (κ2) is 11.9. The van der Waals surface area contributed by atoms with Crippen LogP contribution in [0.3, 0.4) is 0 Å². The van der Waals surface area contributed by atoms with Crippen molar-refractivity contribution in [2.75, 3.05) is 38.0 Å². The van der Waals surface area contributed by atoms with Gasteiger partial charge in [0, 0.05) is 52.6 Å². The molecule has 0 unspecified atom stereocenters. The Morgan fingerprint density at radius 2 is 1.86 bits per heavy atom. The van der Waals surface area contributed by atoms with E-state index in [1.807, 2.05) is 36.4 Å². The number of hydrogen-bond donors (Lipinski definition) is 3. The number of primary amides is 1. The van der Waals surface area contributed by atoms with E-state index in [1.165, 1.54) is 0 Å². The van der Waals surface area contributed by atoms with Gasteiger partial charge in [-0.3, -0.25) is 4.79 Å². The molecule has 1 aromatic heterocycles. The third-order valence-corrected chi connectivity index (χ3v) is 5.75. The van der Waals surface area contributed by atoms with Crippen molar-refractivity contribution in [1.29, 1.82) is 0 Å². The molecule has 1 amide bonds. The fourth-order valence-electron chi connectivity index (χ4n) is 3.97. The summed E-state index contributed by atoms with van der Waals surface area (Å²) in [6, 6.07) is 18.3. The van der Waals surface area contributed by atoms with E-state index in [1.54, 1.807) is 37.6 Å². The highest BCUT2D eigenvalue weighted by Gasteiger charge is 2.16. The summed E-state index contributed by atoms with van der Waals surface area (Å²) in [5.74, 6) is 3.74. The number of anilines is 3. The van der Waals surface area contributed by atoms with Gasteiger partial charge in [-0.1, -0.05) is 30.2 Å². The van der Waals surface area contributed by atoms with Gasteiger partial charge in [0.15, 0.2) is 0 Å². The predicted molar refractivity (Wildman–Crippen MR) is 145 cm³/mol. The highest BCUT2D eigenvalue weighted by atomic mass is 16.5. The number of carbonyl (C=O) groups is 1. The molecule has 0 saturated carbocycles. The number of nitrogen functional groups attached to an aromatic ring is 1. The highest BCUT2D eigenvalue weighted by Crippen LogP contribution is 2.34. The van der Waals surface area contributed by atoms with E-state index in [9.17, 15) is 4.79 Å². The molecule has 8 heteroatoms. The Hall–Kier alpha value is -4.58. The Bertz CT molecular complexity index is 1460. The summed E-state index contributed by atoms with van der Waals surface area (Å²) in [7, 11) is 1.61. The number of nitrogens with one attached hydrogen (secondary N) is 1. The Kier molecular flexibility index (Phi) is 8.21. The molecule has 0 aliphatic rings. The minimum atomic E-state index is -0.577. The van der Waals surface area contributed by atoms with Gasteiger partial charge in [0.2, 0.25) is 5.91 Å². The van der Waals surface area contributed by atoms with Crippen molar-refractivity contribution >= 4 is 33.9 Å². The standard InChI is InChI=1S/C29H28N4O4/c1-3-19-16-24(29(31)34)22(11-13-36-15-14-35-2)26(17-19)33-28-18-20(10-12-32-28)37-27-9-8-25(30)21-6-4-5-7-23(21)27/h1,4-10,12,16-18H,11,13-15,30H2,2H3,(H2,31,34)(H,32,33). The molecule has 0 saturated heterocycles. The average Bonchev–Trinajstić information content (AvgIpc) is 2.91. The number of rotatable bonds is 11. The number of hydrogen-bond acceptors (Lipinski definition) is 7. The van der Waals surface area contributed by atoms with Gasteiger partial charge in [0.25, 0.3) is 0 Å². The molecule has 0 bridgehead atoms. The van der Waals surface area contributed by atoms with E-state index in [2.05, 4.69) is 16.2 Å². The lowest BCUT2D eigenvalue weighted by molar-refractivity contribution is 0.0721. The van der Waals surface area contributed by atoms with Crippen LogP contribution < -0.4 is 21.5 Å². The van der Waals surface area contributed by atoms with Crippen LogP contribution in [0.25, 0.3) is 10.8 Å². The molecule has 4 rings (SSSR count). The molecule has 0 fully saturated rings. The highest BCUT2D eigenvalue weighted by molar-refractivity contribution is 5.97. The second-order valence-corrected chi connectivity index (χ2v) is 8.22. The average molecular weight is 497 g/mol. The third kappa shape index (κ3) is 6.16. The lowest BCUT2D eigenvalue weighted by Gasteiger charge is -2.17. The molecule has 3 aromatic carbocycles. The van der Waals surface area contributed by atoms with E-state index < -0.39 is 5.91 Å². The minimum Gasteiger partial charge on any atom is -0.457 e. The molecule has 1 heterocycles. The molecule has 188 valence electrons. The van der Waals surface area contributed by atoms with Gasteiger partial charge in [-0.15, -0.1) is 6.42 Å². The number of pyridine rings is 1. The first-order valence-electron chi connectivity index (χ1n) is 11.7. The van der Waals surface area contributed by atoms with Crippen LogP contribution in [0.2, 0.25) is 0 Å². The van der Waals surface area contributed by atoms with Gasteiger partial charge in [0.1, 0.15) is 17.3 Å². The first-order valence-corrected chi connectivity index (χ1v) is 11.7. The van der Waals surface area contributed by atoms with Crippen LogP contribution in [-0.4, -0.2) is 37.8 Å². The maximum absolute atomic E-state index is 12.2. The normalized spacial score (nSPS) is 10.7. The molecule has 0 spiro atoms. The van der Waals surface area contributed by atoms with Crippen LogP contribution in [0.4, 0.5) is 17.2 Å². The number of methoxy groups -OCH3 is 1. The molecule has 0 radical (unpaired) electrons. The largest absolute Gasteiger partial charge is 0.457 e. The molecule has 0 atom stereocenters. The van der Waals surface area contributed by atoms with Crippen molar-refractivity contribution in [2.24, 2.45) is 5.73 Å². The molecule has 4 aromatic rings. The Morgan fingerprint density at radius 1 is 1.05 bits per heavy atom. The lowest BCUT2D eigenvalue weighted by Crippen LogP contribution is -2.17. The molecular weight excluding hydrogens is 468 g/mol. The van der Waals surface area contributed by atoms with Gasteiger partial charge >= 0.3 is 0 Å². The summed E-state index contributed by atoms with van der Waals surface area (Å²) < 4.78 is 16.8. The van der Waals surface area contributed by atoms with Crippen molar-refractivity contribution in [3.8, 4) is 23.8 Å². The second-order valence-electron chi connectivity index (χ2n) is 8.22. The number of benzene rings is 3. The Morgan fingerprint density at radius 3 is 2.62 bits per heavy atom. The molecule has 8 nitrogen and oxygen atoms in total. The minimum absolute atomic E-state index is 0.328. The first-order chi connectivity index (χ1) is 18.0. The van der Waals surface area contributed by atoms with Gasteiger partial charge < -0.3 is 31.0 Å².